The molecule has 1 aromatic heterocycles. The van der Waals surface area contributed by atoms with Crippen molar-refractivity contribution in [2.75, 3.05) is 13.7 Å². The molecule has 1 fully saturated rings. The lowest BCUT2D eigenvalue weighted by Gasteiger charge is -2.15. The largest absolute Gasteiger partial charge is 0.383 e. The number of aryl methyl sites for hydroxylation is 1. The molecule has 0 aromatic carbocycles. The molecule has 1 aromatic rings. The molecule has 1 saturated carbocycles. The van der Waals surface area contributed by atoms with Crippen LogP contribution in [0.1, 0.15) is 22.9 Å². The van der Waals surface area contributed by atoms with E-state index in [1.54, 1.807) is 18.4 Å². The molecule has 0 amide bonds. The molecular formula is C10H17N3OS. The monoisotopic (exact) mass is 227 g/mol. The molecule has 2 rings (SSSR count). The Kier molecular flexibility index (Phi) is 3.66. The van der Waals surface area contributed by atoms with Gasteiger partial charge in [0, 0.05) is 13.2 Å². The first-order chi connectivity index (χ1) is 7.29. The number of aromatic nitrogens is 2. The molecule has 0 aliphatic heterocycles. The summed E-state index contributed by atoms with van der Waals surface area (Å²) in [6.45, 7) is 3.59. The SMILES string of the molecule is COCC(NCc1nnc(C)s1)C1CC1. The number of nitrogens with one attached hydrogen (secondary N) is 1. The Morgan fingerprint density at radius 2 is 2.33 bits per heavy atom. The van der Waals surface area contributed by atoms with Crippen molar-refractivity contribution in [2.45, 2.75) is 32.4 Å². The smallest absolute Gasteiger partial charge is 0.131 e. The van der Waals surface area contributed by atoms with E-state index in [4.69, 9.17) is 4.74 Å². The Morgan fingerprint density at radius 1 is 1.53 bits per heavy atom. The van der Waals surface area contributed by atoms with E-state index in [2.05, 4.69) is 15.5 Å². The van der Waals surface area contributed by atoms with Crippen LogP contribution in [0.4, 0.5) is 0 Å². The normalized spacial score (nSPS) is 18.0. The molecule has 5 heteroatoms. The molecule has 84 valence electrons. The fraction of sp³-hybridized carbons (Fsp3) is 0.800. The van der Waals surface area contributed by atoms with Crippen LogP contribution in [0.15, 0.2) is 0 Å². The van der Waals surface area contributed by atoms with Gasteiger partial charge in [-0.2, -0.15) is 0 Å². The van der Waals surface area contributed by atoms with Crippen molar-refractivity contribution in [2.24, 2.45) is 5.92 Å². The molecule has 4 nitrogen and oxygen atoms in total. The van der Waals surface area contributed by atoms with Crippen molar-refractivity contribution in [3.63, 3.8) is 0 Å². The van der Waals surface area contributed by atoms with Crippen LogP contribution in [0.25, 0.3) is 0 Å². The van der Waals surface area contributed by atoms with Crippen molar-refractivity contribution >= 4 is 11.3 Å². The molecule has 1 aliphatic rings. The first-order valence-electron chi connectivity index (χ1n) is 5.31. The Balaban J connectivity index is 1.79. The molecule has 1 heterocycles. The molecule has 1 unspecified atom stereocenters. The molecule has 0 spiro atoms. The maximum Gasteiger partial charge on any atom is 0.131 e. The van der Waals surface area contributed by atoms with Crippen LogP contribution in [-0.4, -0.2) is 30.0 Å². The summed E-state index contributed by atoms with van der Waals surface area (Å²) in [6.07, 6.45) is 2.66. The molecule has 1 N–H and O–H groups in total. The van der Waals surface area contributed by atoms with E-state index in [1.807, 2.05) is 6.92 Å². The van der Waals surface area contributed by atoms with E-state index < -0.39 is 0 Å². The first kappa shape index (κ1) is 11.0. The average Bonchev–Trinajstić information content (AvgIpc) is 2.97. The summed E-state index contributed by atoms with van der Waals surface area (Å²) >= 11 is 1.65. The van der Waals surface area contributed by atoms with E-state index in [0.717, 1.165) is 29.1 Å². The summed E-state index contributed by atoms with van der Waals surface area (Å²) in [4.78, 5) is 0. The number of methoxy groups -OCH3 is 1. The Morgan fingerprint density at radius 3 is 2.87 bits per heavy atom. The first-order valence-corrected chi connectivity index (χ1v) is 6.12. The fourth-order valence-electron chi connectivity index (χ4n) is 1.67. The summed E-state index contributed by atoms with van der Waals surface area (Å²) < 4.78 is 5.20. The van der Waals surface area contributed by atoms with E-state index in [9.17, 15) is 0 Å². The minimum Gasteiger partial charge on any atom is -0.383 e. The standard InChI is InChI=1S/C10H17N3OS/c1-7-12-13-10(15-7)5-11-9(6-14-2)8-3-4-8/h8-9,11H,3-6H2,1-2H3. The Labute approximate surface area is 94.1 Å². The van der Waals surface area contributed by atoms with Crippen LogP contribution >= 0.6 is 11.3 Å². The number of nitrogens with zero attached hydrogens (tertiary/aromatic N) is 2. The minimum absolute atomic E-state index is 0.485. The van der Waals surface area contributed by atoms with Gasteiger partial charge in [0.25, 0.3) is 0 Å². The number of rotatable bonds is 6. The summed E-state index contributed by atoms with van der Waals surface area (Å²) in [5.74, 6) is 0.805. The maximum absolute atomic E-state index is 5.20. The van der Waals surface area contributed by atoms with Gasteiger partial charge in [-0.25, -0.2) is 0 Å². The van der Waals surface area contributed by atoms with E-state index in [0.29, 0.717) is 6.04 Å². The van der Waals surface area contributed by atoms with Crippen LogP contribution in [0.2, 0.25) is 0 Å². The zero-order valence-corrected chi connectivity index (χ0v) is 10.0. The van der Waals surface area contributed by atoms with Gasteiger partial charge in [-0.15, -0.1) is 21.5 Å². The highest BCUT2D eigenvalue weighted by Crippen LogP contribution is 2.32. The lowest BCUT2D eigenvalue weighted by molar-refractivity contribution is 0.157. The van der Waals surface area contributed by atoms with Crippen molar-refractivity contribution in [1.82, 2.24) is 15.5 Å². The van der Waals surface area contributed by atoms with E-state index in [-0.39, 0.29) is 0 Å². The molecule has 1 atom stereocenters. The van der Waals surface area contributed by atoms with Crippen molar-refractivity contribution < 1.29 is 4.74 Å². The quantitative estimate of drug-likeness (QED) is 0.797. The van der Waals surface area contributed by atoms with Crippen LogP contribution in [-0.2, 0) is 11.3 Å². The molecule has 0 radical (unpaired) electrons. The maximum atomic E-state index is 5.20. The summed E-state index contributed by atoms with van der Waals surface area (Å²) in [5.41, 5.74) is 0. The van der Waals surface area contributed by atoms with Crippen molar-refractivity contribution in [3.8, 4) is 0 Å². The van der Waals surface area contributed by atoms with Gasteiger partial charge in [0.05, 0.1) is 13.2 Å². The predicted octanol–water partition coefficient (Wildman–Crippen LogP) is 1.36. The summed E-state index contributed by atoms with van der Waals surface area (Å²) in [6, 6.07) is 0.485. The van der Waals surface area contributed by atoms with Gasteiger partial charge in [0.1, 0.15) is 10.0 Å². The van der Waals surface area contributed by atoms with Gasteiger partial charge in [-0.1, -0.05) is 0 Å². The second-order valence-electron chi connectivity index (χ2n) is 3.99. The highest BCUT2D eigenvalue weighted by atomic mass is 32.1. The van der Waals surface area contributed by atoms with Gasteiger partial charge < -0.3 is 10.1 Å². The lowest BCUT2D eigenvalue weighted by atomic mass is 10.2. The predicted molar refractivity (Wildman–Crippen MR) is 59.9 cm³/mol. The second kappa shape index (κ2) is 5.01. The van der Waals surface area contributed by atoms with E-state index in [1.165, 1.54) is 12.8 Å². The highest BCUT2D eigenvalue weighted by molar-refractivity contribution is 7.11. The van der Waals surface area contributed by atoms with Crippen LogP contribution < -0.4 is 5.32 Å². The minimum atomic E-state index is 0.485. The third kappa shape index (κ3) is 3.22. The third-order valence-electron chi connectivity index (χ3n) is 2.62. The molecular weight excluding hydrogens is 210 g/mol. The van der Waals surface area contributed by atoms with Crippen LogP contribution in [0.5, 0.6) is 0 Å². The van der Waals surface area contributed by atoms with Crippen LogP contribution in [0, 0.1) is 12.8 Å². The molecule has 0 saturated heterocycles. The van der Waals surface area contributed by atoms with Crippen molar-refractivity contribution in [1.29, 1.82) is 0 Å². The number of ether oxygens (including phenoxy) is 1. The summed E-state index contributed by atoms with van der Waals surface area (Å²) in [7, 11) is 1.76. The number of hydrogen-bond donors (Lipinski definition) is 1. The van der Waals surface area contributed by atoms with Gasteiger partial charge in [-0.05, 0) is 25.7 Å². The zero-order valence-electron chi connectivity index (χ0n) is 9.19. The van der Waals surface area contributed by atoms with Gasteiger partial charge in [-0.3, -0.25) is 0 Å². The highest BCUT2D eigenvalue weighted by Gasteiger charge is 2.30. The van der Waals surface area contributed by atoms with E-state index >= 15 is 0 Å². The zero-order chi connectivity index (χ0) is 10.7. The Hall–Kier alpha value is -0.520. The average molecular weight is 227 g/mol. The second-order valence-corrected chi connectivity index (χ2v) is 5.26. The Bertz CT molecular complexity index is 311. The van der Waals surface area contributed by atoms with Crippen molar-refractivity contribution in [3.05, 3.63) is 10.0 Å². The van der Waals surface area contributed by atoms with Gasteiger partial charge in [0.2, 0.25) is 0 Å². The van der Waals surface area contributed by atoms with Gasteiger partial charge in [0.15, 0.2) is 0 Å². The van der Waals surface area contributed by atoms with Gasteiger partial charge >= 0.3 is 0 Å². The fourth-order valence-corrected chi connectivity index (χ4v) is 2.33. The van der Waals surface area contributed by atoms with Crippen LogP contribution in [0.3, 0.4) is 0 Å². The topological polar surface area (TPSA) is 47.0 Å². The summed E-state index contributed by atoms with van der Waals surface area (Å²) in [5, 5.41) is 13.7. The molecule has 1 aliphatic carbocycles. The molecule has 0 bridgehead atoms. The number of hydrogen-bond acceptors (Lipinski definition) is 5. The molecule has 15 heavy (non-hydrogen) atoms. The lowest BCUT2D eigenvalue weighted by Crippen LogP contribution is -2.34. The third-order valence-corrected chi connectivity index (χ3v) is 3.46.